The summed E-state index contributed by atoms with van der Waals surface area (Å²) in [7, 11) is 1.56. The zero-order valence-electron chi connectivity index (χ0n) is 16.5. The number of imide groups is 1. The molecule has 3 unspecified atom stereocenters. The van der Waals surface area contributed by atoms with Crippen molar-refractivity contribution in [3.63, 3.8) is 0 Å². The number of aliphatic carboxylic acids is 1. The van der Waals surface area contributed by atoms with Crippen molar-refractivity contribution in [3.8, 4) is 0 Å². The lowest BCUT2D eigenvalue weighted by molar-refractivity contribution is -0.148. The van der Waals surface area contributed by atoms with Gasteiger partial charge in [0.15, 0.2) is 6.04 Å². The van der Waals surface area contributed by atoms with Crippen molar-refractivity contribution in [2.24, 2.45) is 5.92 Å². The van der Waals surface area contributed by atoms with Crippen LogP contribution in [-0.2, 0) is 24.0 Å². The third-order valence-electron chi connectivity index (χ3n) is 4.70. The second-order valence-corrected chi connectivity index (χ2v) is 7.48. The van der Waals surface area contributed by atoms with Gasteiger partial charge in [0.05, 0.1) is 12.5 Å². The van der Waals surface area contributed by atoms with Gasteiger partial charge in [-0.1, -0.05) is 13.3 Å². The first kappa shape index (κ1) is 24.1. The fourth-order valence-corrected chi connectivity index (χ4v) is 3.50. The topological polar surface area (TPSA) is 124 Å². The first-order chi connectivity index (χ1) is 13.1. The van der Waals surface area contributed by atoms with Crippen LogP contribution in [-0.4, -0.2) is 82.4 Å². The van der Waals surface area contributed by atoms with Crippen LogP contribution in [0.1, 0.15) is 39.5 Å². The number of Topliss-reactive ketones (excluding diaryl/α,β-unsaturated/α-hetero) is 1. The van der Waals surface area contributed by atoms with Crippen LogP contribution < -0.4 is 5.32 Å². The molecule has 0 aliphatic carbocycles. The van der Waals surface area contributed by atoms with E-state index in [9.17, 15) is 29.1 Å². The molecule has 9 nitrogen and oxygen atoms in total. The van der Waals surface area contributed by atoms with Crippen molar-refractivity contribution in [3.05, 3.63) is 0 Å². The minimum absolute atomic E-state index is 0.131. The standard InChI is InChI=1S/C18H29N3O6S/c1-4-5-7-20(3)15(18(26)27)16(24)19-13(6-8-28)12-9-14(23)21(17(12)25)10-11(2)22/h12-13,15,28H,4-10H2,1-3H3,(H,19,24)(H,26,27). The van der Waals surface area contributed by atoms with Crippen molar-refractivity contribution in [1.29, 1.82) is 0 Å². The molecular weight excluding hydrogens is 386 g/mol. The van der Waals surface area contributed by atoms with Gasteiger partial charge in [-0.3, -0.25) is 29.0 Å². The number of nitrogens with zero attached hydrogens (tertiary/aromatic N) is 2. The van der Waals surface area contributed by atoms with Crippen molar-refractivity contribution >= 4 is 42.1 Å². The van der Waals surface area contributed by atoms with E-state index in [1.807, 2.05) is 6.92 Å². The summed E-state index contributed by atoms with van der Waals surface area (Å²) in [6.07, 6.45) is 1.75. The van der Waals surface area contributed by atoms with E-state index in [-0.39, 0.29) is 25.2 Å². The molecule has 1 aliphatic rings. The Hall–Kier alpha value is -1.94. The van der Waals surface area contributed by atoms with E-state index in [0.29, 0.717) is 12.3 Å². The highest BCUT2D eigenvalue weighted by Gasteiger charge is 2.44. The van der Waals surface area contributed by atoms with Crippen LogP contribution in [0.3, 0.4) is 0 Å². The summed E-state index contributed by atoms with van der Waals surface area (Å²) >= 11 is 4.14. The Balaban J connectivity index is 2.94. The molecule has 3 amide bonds. The molecule has 0 aromatic rings. The largest absolute Gasteiger partial charge is 0.480 e. The Morgan fingerprint density at radius 3 is 2.50 bits per heavy atom. The first-order valence-electron chi connectivity index (χ1n) is 9.31. The van der Waals surface area contributed by atoms with E-state index in [0.717, 1.165) is 17.7 Å². The summed E-state index contributed by atoms with van der Waals surface area (Å²) in [5, 5.41) is 12.1. The number of unbranched alkanes of at least 4 members (excludes halogenated alkanes) is 1. The minimum Gasteiger partial charge on any atom is -0.480 e. The Labute approximate surface area is 170 Å². The lowest BCUT2D eigenvalue weighted by Gasteiger charge is -2.28. The number of likely N-dealkylation sites (tertiary alicyclic amines) is 1. The van der Waals surface area contributed by atoms with Gasteiger partial charge in [0.2, 0.25) is 17.7 Å². The van der Waals surface area contributed by atoms with Crippen molar-refractivity contribution in [1.82, 2.24) is 15.1 Å². The predicted octanol–water partition coefficient (Wildman–Crippen LogP) is -0.0597. The smallest absolute Gasteiger partial charge is 0.330 e. The highest BCUT2D eigenvalue weighted by Crippen LogP contribution is 2.25. The summed E-state index contributed by atoms with van der Waals surface area (Å²) < 4.78 is 0. The molecule has 0 aromatic carbocycles. The van der Waals surface area contributed by atoms with E-state index in [2.05, 4.69) is 17.9 Å². The number of rotatable bonds is 12. The number of ketones is 1. The third-order valence-corrected chi connectivity index (χ3v) is 4.96. The number of nitrogens with one attached hydrogen (secondary N) is 1. The number of thiol groups is 1. The van der Waals surface area contributed by atoms with Gasteiger partial charge in [-0.15, -0.1) is 0 Å². The molecule has 0 aromatic heterocycles. The summed E-state index contributed by atoms with van der Waals surface area (Å²) in [5.74, 6) is -3.84. The molecule has 10 heteroatoms. The zero-order valence-corrected chi connectivity index (χ0v) is 17.4. The van der Waals surface area contributed by atoms with E-state index >= 15 is 0 Å². The van der Waals surface area contributed by atoms with Crippen LogP contribution in [0.4, 0.5) is 0 Å². The number of likely N-dealkylation sites (N-methyl/N-ethyl adjacent to an activating group) is 1. The maximum Gasteiger partial charge on any atom is 0.330 e. The monoisotopic (exact) mass is 415 g/mol. The number of carbonyl (C=O) groups excluding carboxylic acids is 4. The Bertz CT molecular complexity index is 626. The predicted molar refractivity (Wildman–Crippen MR) is 105 cm³/mol. The Morgan fingerprint density at radius 1 is 1.36 bits per heavy atom. The molecule has 0 spiro atoms. The van der Waals surface area contributed by atoms with Crippen LogP contribution in [0, 0.1) is 5.92 Å². The number of amides is 3. The summed E-state index contributed by atoms with van der Waals surface area (Å²) in [5.41, 5.74) is 0. The second-order valence-electron chi connectivity index (χ2n) is 7.03. The first-order valence-corrected chi connectivity index (χ1v) is 9.95. The molecule has 1 fully saturated rings. The van der Waals surface area contributed by atoms with Crippen LogP contribution in [0.5, 0.6) is 0 Å². The molecule has 0 bridgehead atoms. The molecule has 158 valence electrons. The summed E-state index contributed by atoms with van der Waals surface area (Å²) in [4.78, 5) is 62.6. The normalized spacial score (nSPS) is 19.0. The van der Waals surface area contributed by atoms with Crippen LogP contribution in [0.15, 0.2) is 0 Å². The third kappa shape index (κ3) is 6.30. The van der Waals surface area contributed by atoms with Gasteiger partial charge in [-0.25, -0.2) is 4.79 Å². The van der Waals surface area contributed by atoms with Crippen molar-refractivity contribution in [2.45, 2.75) is 51.6 Å². The zero-order chi connectivity index (χ0) is 21.4. The molecule has 3 atom stereocenters. The lowest BCUT2D eigenvalue weighted by atomic mass is 9.95. The second kappa shape index (κ2) is 11.2. The van der Waals surface area contributed by atoms with Crippen molar-refractivity contribution < 1.29 is 29.1 Å². The SMILES string of the molecule is CCCCN(C)C(C(=O)O)C(=O)NC(CCS)C1CC(=O)N(CC(C)=O)C1=O. The van der Waals surface area contributed by atoms with Gasteiger partial charge in [-0.2, -0.15) is 12.6 Å². The van der Waals surface area contributed by atoms with E-state index in [1.54, 1.807) is 7.05 Å². The molecular formula is C18H29N3O6S. The molecule has 1 saturated heterocycles. The van der Waals surface area contributed by atoms with E-state index in [1.165, 1.54) is 11.8 Å². The maximum atomic E-state index is 12.7. The van der Waals surface area contributed by atoms with Gasteiger partial charge < -0.3 is 10.4 Å². The average Bonchev–Trinajstić information content (AvgIpc) is 2.87. The molecule has 2 N–H and O–H groups in total. The van der Waals surface area contributed by atoms with Gasteiger partial charge in [0.25, 0.3) is 0 Å². The van der Waals surface area contributed by atoms with E-state index in [4.69, 9.17) is 0 Å². The number of carbonyl (C=O) groups is 5. The highest BCUT2D eigenvalue weighted by molar-refractivity contribution is 7.80. The number of carboxylic acids is 1. The fourth-order valence-electron chi connectivity index (χ4n) is 3.22. The van der Waals surface area contributed by atoms with Crippen LogP contribution in [0.2, 0.25) is 0 Å². The van der Waals surface area contributed by atoms with Crippen LogP contribution in [0.25, 0.3) is 0 Å². The van der Waals surface area contributed by atoms with Crippen molar-refractivity contribution in [2.75, 3.05) is 25.9 Å². The van der Waals surface area contributed by atoms with E-state index < -0.39 is 41.7 Å². The van der Waals surface area contributed by atoms with Gasteiger partial charge >= 0.3 is 5.97 Å². The van der Waals surface area contributed by atoms with Crippen LogP contribution >= 0.6 is 12.6 Å². The Morgan fingerprint density at radius 2 is 2.00 bits per heavy atom. The fraction of sp³-hybridized carbons (Fsp3) is 0.722. The highest BCUT2D eigenvalue weighted by atomic mass is 32.1. The summed E-state index contributed by atoms with van der Waals surface area (Å²) in [6.45, 7) is 3.38. The molecule has 1 aliphatic heterocycles. The molecule has 0 radical (unpaired) electrons. The lowest BCUT2D eigenvalue weighted by Crippen LogP contribution is -2.54. The number of hydrogen-bond donors (Lipinski definition) is 3. The van der Waals surface area contributed by atoms with Gasteiger partial charge in [0.1, 0.15) is 5.78 Å². The molecule has 1 heterocycles. The van der Waals surface area contributed by atoms with Gasteiger partial charge in [0, 0.05) is 12.5 Å². The minimum atomic E-state index is -1.39. The molecule has 1 rings (SSSR count). The number of hydrogen-bond acceptors (Lipinski definition) is 7. The Kier molecular flexibility index (Phi) is 9.60. The molecule has 0 saturated carbocycles. The molecule has 28 heavy (non-hydrogen) atoms. The van der Waals surface area contributed by atoms with Gasteiger partial charge in [-0.05, 0) is 39.1 Å². The maximum absolute atomic E-state index is 12.7. The summed E-state index contributed by atoms with van der Waals surface area (Å²) in [6, 6.07) is -2.13. The quantitative estimate of drug-likeness (QED) is 0.232. The number of carboxylic acid groups (broad SMARTS) is 1. The average molecular weight is 416 g/mol.